The van der Waals surface area contributed by atoms with Crippen molar-refractivity contribution in [2.24, 2.45) is 5.92 Å². The number of halogens is 1. The summed E-state index contributed by atoms with van der Waals surface area (Å²) in [6.07, 6.45) is 1.72. The van der Waals surface area contributed by atoms with Crippen molar-refractivity contribution in [3.63, 3.8) is 0 Å². The number of carbonyl (C=O) groups is 1. The number of piperazine rings is 1. The van der Waals surface area contributed by atoms with E-state index in [0.717, 1.165) is 51.3 Å². The molecule has 1 saturated heterocycles. The zero-order chi connectivity index (χ0) is 16.7. The standard InChI is InChI=1S/C18H28FN3O/c1-15(2)7-9-20-18(23)22-13-11-21(12-14-22)10-8-16-5-3-4-6-17(16)19/h3-6,15H,7-14H2,1-2H3,(H,20,23). The quantitative estimate of drug-likeness (QED) is 0.874. The number of amides is 2. The first-order valence-corrected chi connectivity index (χ1v) is 8.55. The van der Waals surface area contributed by atoms with Gasteiger partial charge in [0, 0.05) is 39.3 Å². The van der Waals surface area contributed by atoms with E-state index in [1.165, 1.54) is 6.07 Å². The van der Waals surface area contributed by atoms with Gasteiger partial charge >= 0.3 is 6.03 Å². The highest BCUT2D eigenvalue weighted by molar-refractivity contribution is 5.74. The molecule has 0 aromatic heterocycles. The zero-order valence-electron chi connectivity index (χ0n) is 14.2. The summed E-state index contributed by atoms with van der Waals surface area (Å²) in [5.41, 5.74) is 0.765. The lowest BCUT2D eigenvalue weighted by Crippen LogP contribution is -2.52. The lowest BCUT2D eigenvalue weighted by atomic mass is 10.1. The third kappa shape index (κ3) is 5.82. The van der Waals surface area contributed by atoms with E-state index in [1.807, 2.05) is 17.0 Å². The molecular weight excluding hydrogens is 293 g/mol. The number of rotatable bonds is 6. The molecule has 0 spiro atoms. The fourth-order valence-electron chi connectivity index (χ4n) is 2.73. The Kier molecular flexibility index (Phi) is 6.84. The zero-order valence-corrected chi connectivity index (χ0v) is 14.2. The van der Waals surface area contributed by atoms with Crippen molar-refractivity contribution in [1.29, 1.82) is 0 Å². The molecule has 0 bridgehead atoms. The van der Waals surface area contributed by atoms with Crippen molar-refractivity contribution < 1.29 is 9.18 Å². The van der Waals surface area contributed by atoms with Gasteiger partial charge in [-0.3, -0.25) is 4.90 Å². The van der Waals surface area contributed by atoms with Gasteiger partial charge in [-0.25, -0.2) is 9.18 Å². The molecular formula is C18H28FN3O. The topological polar surface area (TPSA) is 35.6 Å². The molecule has 0 unspecified atom stereocenters. The van der Waals surface area contributed by atoms with Gasteiger partial charge < -0.3 is 10.2 Å². The summed E-state index contributed by atoms with van der Waals surface area (Å²) in [6.45, 7) is 9.07. The number of carbonyl (C=O) groups excluding carboxylic acids is 1. The highest BCUT2D eigenvalue weighted by atomic mass is 19.1. The molecule has 0 radical (unpaired) electrons. The second-order valence-corrected chi connectivity index (χ2v) is 6.58. The summed E-state index contributed by atoms with van der Waals surface area (Å²) in [5.74, 6) is 0.473. The van der Waals surface area contributed by atoms with Crippen molar-refractivity contribution in [2.75, 3.05) is 39.3 Å². The maximum absolute atomic E-state index is 13.6. The first kappa shape index (κ1) is 17.7. The highest BCUT2D eigenvalue weighted by Crippen LogP contribution is 2.09. The summed E-state index contributed by atoms with van der Waals surface area (Å²) in [4.78, 5) is 16.2. The number of urea groups is 1. The molecule has 1 fully saturated rings. The van der Waals surface area contributed by atoms with Gasteiger partial charge in [-0.1, -0.05) is 32.0 Å². The van der Waals surface area contributed by atoms with Gasteiger partial charge in [0.15, 0.2) is 0 Å². The van der Waals surface area contributed by atoms with Gasteiger partial charge in [0.2, 0.25) is 0 Å². The van der Waals surface area contributed by atoms with Crippen LogP contribution in [0.4, 0.5) is 9.18 Å². The van der Waals surface area contributed by atoms with Crippen LogP contribution in [-0.4, -0.2) is 55.1 Å². The first-order valence-electron chi connectivity index (χ1n) is 8.55. The summed E-state index contributed by atoms with van der Waals surface area (Å²) in [7, 11) is 0. The summed E-state index contributed by atoms with van der Waals surface area (Å²) >= 11 is 0. The molecule has 1 aliphatic rings. The largest absolute Gasteiger partial charge is 0.338 e. The number of nitrogens with zero attached hydrogens (tertiary/aromatic N) is 2. The maximum atomic E-state index is 13.6. The van der Waals surface area contributed by atoms with E-state index < -0.39 is 0 Å². The summed E-state index contributed by atoms with van der Waals surface area (Å²) < 4.78 is 13.6. The molecule has 1 aromatic rings. The molecule has 1 heterocycles. The number of hydrogen-bond donors (Lipinski definition) is 1. The smallest absolute Gasteiger partial charge is 0.317 e. The van der Waals surface area contributed by atoms with Crippen LogP contribution in [0.3, 0.4) is 0 Å². The van der Waals surface area contributed by atoms with Crippen LogP contribution in [0.25, 0.3) is 0 Å². The first-order chi connectivity index (χ1) is 11.1. The molecule has 2 rings (SSSR count). The average Bonchev–Trinajstić information content (AvgIpc) is 2.54. The van der Waals surface area contributed by atoms with Crippen LogP contribution >= 0.6 is 0 Å². The molecule has 5 heteroatoms. The minimum atomic E-state index is -0.129. The lowest BCUT2D eigenvalue weighted by Gasteiger charge is -2.34. The summed E-state index contributed by atoms with van der Waals surface area (Å²) in [6, 6.07) is 6.98. The Labute approximate surface area is 138 Å². The van der Waals surface area contributed by atoms with Crippen molar-refractivity contribution >= 4 is 6.03 Å². The molecule has 0 saturated carbocycles. The Balaban J connectivity index is 1.67. The van der Waals surface area contributed by atoms with Crippen LogP contribution in [-0.2, 0) is 6.42 Å². The SMILES string of the molecule is CC(C)CCNC(=O)N1CCN(CCc2ccccc2F)CC1. The Morgan fingerprint density at radius 2 is 1.91 bits per heavy atom. The van der Waals surface area contributed by atoms with E-state index in [9.17, 15) is 9.18 Å². The predicted octanol–water partition coefficient (Wildman–Crippen LogP) is 2.74. The maximum Gasteiger partial charge on any atom is 0.317 e. The van der Waals surface area contributed by atoms with Gasteiger partial charge in [-0.05, 0) is 30.4 Å². The van der Waals surface area contributed by atoms with Crippen LogP contribution < -0.4 is 5.32 Å². The molecule has 1 aliphatic heterocycles. The van der Waals surface area contributed by atoms with Gasteiger partial charge in [0.25, 0.3) is 0 Å². The Morgan fingerprint density at radius 1 is 1.22 bits per heavy atom. The monoisotopic (exact) mass is 321 g/mol. The van der Waals surface area contributed by atoms with E-state index in [0.29, 0.717) is 12.3 Å². The van der Waals surface area contributed by atoms with Crippen molar-refractivity contribution in [2.45, 2.75) is 26.7 Å². The van der Waals surface area contributed by atoms with E-state index in [-0.39, 0.29) is 11.8 Å². The van der Waals surface area contributed by atoms with Gasteiger partial charge in [-0.15, -0.1) is 0 Å². The Morgan fingerprint density at radius 3 is 2.57 bits per heavy atom. The second-order valence-electron chi connectivity index (χ2n) is 6.58. The van der Waals surface area contributed by atoms with Gasteiger partial charge in [-0.2, -0.15) is 0 Å². The average molecular weight is 321 g/mol. The fourth-order valence-corrected chi connectivity index (χ4v) is 2.73. The number of benzene rings is 1. The van der Waals surface area contributed by atoms with Crippen molar-refractivity contribution in [1.82, 2.24) is 15.1 Å². The molecule has 23 heavy (non-hydrogen) atoms. The van der Waals surface area contributed by atoms with E-state index >= 15 is 0 Å². The van der Waals surface area contributed by atoms with E-state index in [2.05, 4.69) is 24.1 Å². The molecule has 0 aliphatic carbocycles. The third-order valence-electron chi connectivity index (χ3n) is 4.31. The predicted molar refractivity (Wildman–Crippen MR) is 91.0 cm³/mol. The van der Waals surface area contributed by atoms with Crippen LogP contribution in [0, 0.1) is 11.7 Å². The highest BCUT2D eigenvalue weighted by Gasteiger charge is 2.20. The van der Waals surface area contributed by atoms with Crippen molar-refractivity contribution in [3.05, 3.63) is 35.6 Å². The Bertz CT molecular complexity index is 499. The van der Waals surface area contributed by atoms with Crippen LogP contribution in [0.1, 0.15) is 25.8 Å². The summed E-state index contributed by atoms with van der Waals surface area (Å²) in [5, 5.41) is 2.98. The lowest BCUT2D eigenvalue weighted by molar-refractivity contribution is 0.140. The van der Waals surface area contributed by atoms with Crippen molar-refractivity contribution in [3.8, 4) is 0 Å². The number of nitrogens with one attached hydrogen (secondary N) is 1. The second kappa shape index (κ2) is 8.87. The van der Waals surface area contributed by atoms with Gasteiger partial charge in [0.05, 0.1) is 0 Å². The molecule has 128 valence electrons. The number of hydrogen-bond acceptors (Lipinski definition) is 2. The van der Waals surface area contributed by atoms with Gasteiger partial charge in [0.1, 0.15) is 5.82 Å². The molecule has 1 N–H and O–H groups in total. The third-order valence-corrected chi connectivity index (χ3v) is 4.31. The Hall–Kier alpha value is -1.62. The van der Waals surface area contributed by atoms with E-state index in [1.54, 1.807) is 6.07 Å². The van der Waals surface area contributed by atoms with E-state index in [4.69, 9.17) is 0 Å². The minimum absolute atomic E-state index is 0.0411. The normalized spacial score (nSPS) is 15.9. The molecule has 2 amide bonds. The fraction of sp³-hybridized carbons (Fsp3) is 0.611. The molecule has 1 aromatic carbocycles. The van der Waals surface area contributed by atoms with Crippen LogP contribution in [0.5, 0.6) is 0 Å². The van der Waals surface area contributed by atoms with Crippen LogP contribution in [0.15, 0.2) is 24.3 Å². The molecule has 4 nitrogen and oxygen atoms in total. The van der Waals surface area contributed by atoms with Crippen LogP contribution in [0.2, 0.25) is 0 Å². The molecule has 0 atom stereocenters. The minimum Gasteiger partial charge on any atom is -0.338 e.